The van der Waals surface area contributed by atoms with Gasteiger partial charge in [0.1, 0.15) is 11.5 Å². The van der Waals surface area contributed by atoms with Gasteiger partial charge in [0.15, 0.2) is 0 Å². The van der Waals surface area contributed by atoms with E-state index in [9.17, 15) is 10.2 Å². The van der Waals surface area contributed by atoms with Gasteiger partial charge in [-0.1, -0.05) is 97.1 Å². The topological polar surface area (TPSA) is 40.5 Å². The van der Waals surface area contributed by atoms with Gasteiger partial charge in [0, 0.05) is 22.3 Å². The van der Waals surface area contributed by atoms with Crippen LogP contribution < -0.4 is 0 Å². The zero-order chi connectivity index (χ0) is 33.3. The molecular weight excluding hydrogens is 609 g/mol. The molecule has 0 fully saturated rings. The predicted molar refractivity (Wildman–Crippen MR) is 209 cm³/mol. The SMILES string of the molecule is Oc1c(-c2cc3ccccc3c3ccccc23)cc2c(c1-c1c(O)c(-c3cc4ccccc4c4ccccc34)cc3c1CCCC3)CCCC2. The van der Waals surface area contributed by atoms with Crippen LogP contribution in [0.5, 0.6) is 11.5 Å². The van der Waals surface area contributed by atoms with Crippen molar-refractivity contribution in [2.24, 2.45) is 0 Å². The van der Waals surface area contributed by atoms with E-state index in [1.165, 1.54) is 43.8 Å². The molecule has 2 N–H and O–H groups in total. The molecule has 8 aromatic carbocycles. The van der Waals surface area contributed by atoms with Crippen LogP contribution in [0, 0.1) is 0 Å². The van der Waals surface area contributed by atoms with Crippen LogP contribution in [-0.2, 0) is 25.7 Å². The quantitative estimate of drug-likeness (QED) is 0.188. The zero-order valence-corrected chi connectivity index (χ0v) is 28.1. The lowest BCUT2D eigenvalue weighted by Crippen LogP contribution is -2.10. The van der Waals surface area contributed by atoms with Crippen molar-refractivity contribution in [1.29, 1.82) is 0 Å². The molecule has 0 saturated carbocycles. The van der Waals surface area contributed by atoms with Crippen LogP contribution in [0.2, 0.25) is 0 Å². The van der Waals surface area contributed by atoms with Crippen molar-refractivity contribution in [3.8, 4) is 44.9 Å². The summed E-state index contributed by atoms with van der Waals surface area (Å²) in [6.45, 7) is 0. The molecule has 0 bridgehead atoms. The van der Waals surface area contributed by atoms with Crippen molar-refractivity contribution >= 4 is 43.1 Å². The molecular formula is C48H38O2. The molecule has 0 spiro atoms. The third-order valence-corrected chi connectivity index (χ3v) is 11.6. The zero-order valence-electron chi connectivity index (χ0n) is 28.1. The van der Waals surface area contributed by atoms with Crippen LogP contribution in [0.15, 0.2) is 121 Å². The Morgan fingerprint density at radius 3 is 1.14 bits per heavy atom. The first kappa shape index (κ1) is 29.3. The van der Waals surface area contributed by atoms with E-state index in [1.54, 1.807) is 0 Å². The van der Waals surface area contributed by atoms with Crippen molar-refractivity contribution in [2.45, 2.75) is 51.4 Å². The lowest BCUT2D eigenvalue weighted by atomic mass is 9.76. The molecule has 50 heavy (non-hydrogen) atoms. The minimum atomic E-state index is 0.287. The maximum Gasteiger partial charge on any atom is 0.131 e. The number of hydrogen-bond acceptors (Lipinski definition) is 2. The molecule has 242 valence electrons. The van der Waals surface area contributed by atoms with Gasteiger partial charge in [-0.3, -0.25) is 0 Å². The highest BCUT2D eigenvalue weighted by molar-refractivity contribution is 6.16. The first-order valence-corrected chi connectivity index (χ1v) is 18.2. The summed E-state index contributed by atoms with van der Waals surface area (Å²) in [6, 6.07) is 43.2. The Morgan fingerprint density at radius 2 is 0.700 bits per heavy atom. The molecule has 2 aliphatic carbocycles. The van der Waals surface area contributed by atoms with Gasteiger partial charge in [0.2, 0.25) is 0 Å². The average Bonchev–Trinajstić information content (AvgIpc) is 3.17. The second kappa shape index (κ2) is 11.5. The number of rotatable bonds is 3. The summed E-state index contributed by atoms with van der Waals surface area (Å²) < 4.78 is 0. The smallest absolute Gasteiger partial charge is 0.131 e. The van der Waals surface area contributed by atoms with Crippen molar-refractivity contribution in [1.82, 2.24) is 0 Å². The first-order chi connectivity index (χ1) is 24.7. The van der Waals surface area contributed by atoms with E-state index in [1.807, 2.05) is 0 Å². The second-order valence-electron chi connectivity index (χ2n) is 14.4. The Balaban J connectivity index is 1.31. The van der Waals surface area contributed by atoms with Crippen LogP contribution in [0.25, 0.3) is 76.5 Å². The number of fused-ring (bicyclic) bond motifs is 8. The molecule has 2 aliphatic rings. The van der Waals surface area contributed by atoms with Gasteiger partial charge in [-0.2, -0.15) is 0 Å². The van der Waals surface area contributed by atoms with Crippen LogP contribution in [-0.4, -0.2) is 10.2 Å². The summed E-state index contributed by atoms with van der Waals surface area (Å²) in [6.07, 6.45) is 8.15. The fraction of sp³-hybridized carbons (Fsp3) is 0.167. The molecule has 2 nitrogen and oxygen atoms in total. The van der Waals surface area contributed by atoms with Crippen LogP contribution in [0.3, 0.4) is 0 Å². The highest BCUT2D eigenvalue weighted by Crippen LogP contribution is 2.54. The second-order valence-corrected chi connectivity index (χ2v) is 14.4. The molecule has 0 aliphatic heterocycles. The highest BCUT2D eigenvalue weighted by Gasteiger charge is 2.30. The van der Waals surface area contributed by atoms with Gasteiger partial charge in [-0.25, -0.2) is 0 Å². The lowest BCUT2D eigenvalue weighted by Gasteiger charge is -2.29. The van der Waals surface area contributed by atoms with Gasteiger partial charge in [0.25, 0.3) is 0 Å². The number of aromatic hydroxyl groups is 2. The number of benzene rings is 8. The minimum Gasteiger partial charge on any atom is -0.507 e. The minimum absolute atomic E-state index is 0.287. The normalized spacial score (nSPS) is 14.3. The van der Waals surface area contributed by atoms with Gasteiger partial charge < -0.3 is 10.2 Å². The Hall–Kier alpha value is -5.60. The molecule has 0 aromatic heterocycles. The summed E-state index contributed by atoms with van der Waals surface area (Å²) in [7, 11) is 0. The van der Waals surface area contributed by atoms with Gasteiger partial charge in [-0.05, 0) is 152 Å². The Labute approximate surface area is 292 Å². The van der Waals surface area contributed by atoms with Crippen LogP contribution in [0.1, 0.15) is 47.9 Å². The molecule has 0 amide bonds. The fourth-order valence-electron chi connectivity index (χ4n) is 9.29. The van der Waals surface area contributed by atoms with Crippen LogP contribution >= 0.6 is 0 Å². The van der Waals surface area contributed by atoms with Gasteiger partial charge >= 0.3 is 0 Å². The standard InChI is InChI=1S/C48H38O2/c49-47-43(41-25-29-13-1-5-17-33(29)37-21-9-11-23-39(37)41)27-31-15-3-7-19-35(31)45(47)46-36-20-8-4-16-32(36)28-44(48(46)50)42-26-30-14-2-6-18-34(30)38-22-10-12-24-40(38)42/h1-2,5-6,9-14,17-18,21-28,49-50H,3-4,7-8,15-16,19-20H2. The number of aryl methyl sites for hydroxylation is 2. The fourth-order valence-corrected chi connectivity index (χ4v) is 9.29. The van der Waals surface area contributed by atoms with E-state index in [0.29, 0.717) is 0 Å². The van der Waals surface area contributed by atoms with Gasteiger partial charge in [-0.15, -0.1) is 0 Å². The van der Waals surface area contributed by atoms with Crippen molar-refractivity contribution in [2.75, 3.05) is 0 Å². The summed E-state index contributed by atoms with van der Waals surface area (Å²) in [5, 5.41) is 34.9. The third kappa shape index (κ3) is 4.41. The summed E-state index contributed by atoms with van der Waals surface area (Å²) in [5.41, 5.74) is 10.5. The highest BCUT2D eigenvalue weighted by atomic mass is 16.3. The van der Waals surface area contributed by atoms with Crippen molar-refractivity contribution < 1.29 is 10.2 Å². The predicted octanol–water partition coefficient (Wildman–Crippen LogP) is 12.5. The van der Waals surface area contributed by atoms with Crippen LogP contribution in [0.4, 0.5) is 0 Å². The summed E-state index contributed by atoms with van der Waals surface area (Å²) in [5.74, 6) is 0.573. The molecule has 0 saturated heterocycles. The maximum atomic E-state index is 12.8. The van der Waals surface area contributed by atoms with E-state index >= 15 is 0 Å². The number of phenols is 2. The first-order valence-electron chi connectivity index (χ1n) is 18.2. The van der Waals surface area contributed by atoms with E-state index in [-0.39, 0.29) is 11.5 Å². The number of phenolic OH excluding ortho intramolecular Hbond substituents is 2. The van der Waals surface area contributed by atoms with E-state index in [0.717, 1.165) is 106 Å². The molecule has 0 unspecified atom stereocenters. The lowest BCUT2D eigenvalue weighted by molar-refractivity contribution is 0.468. The number of hydrogen-bond donors (Lipinski definition) is 2. The summed E-state index contributed by atoms with van der Waals surface area (Å²) >= 11 is 0. The van der Waals surface area contributed by atoms with Crippen molar-refractivity contribution in [3.05, 3.63) is 144 Å². The average molecular weight is 647 g/mol. The molecule has 0 heterocycles. The van der Waals surface area contributed by atoms with E-state index in [2.05, 4.69) is 121 Å². The third-order valence-electron chi connectivity index (χ3n) is 11.6. The molecule has 0 radical (unpaired) electrons. The molecule has 8 aromatic rings. The Kier molecular flexibility index (Phi) is 6.74. The van der Waals surface area contributed by atoms with E-state index in [4.69, 9.17) is 0 Å². The van der Waals surface area contributed by atoms with Crippen molar-refractivity contribution in [3.63, 3.8) is 0 Å². The monoisotopic (exact) mass is 646 g/mol. The van der Waals surface area contributed by atoms with Gasteiger partial charge in [0.05, 0.1) is 0 Å². The maximum absolute atomic E-state index is 12.8. The largest absolute Gasteiger partial charge is 0.507 e. The molecule has 2 heteroatoms. The Bertz CT molecular complexity index is 2490. The molecule has 0 atom stereocenters. The Morgan fingerprint density at radius 1 is 0.340 bits per heavy atom. The molecule has 10 rings (SSSR count). The van der Waals surface area contributed by atoms with E-state index < -0.39 is 0 Å². The summed E-state index contributed by atoms with van der Waals surface area (Å²) in [4.78, 5) is 0.